The van der Waals surface area contributed by atoms with Gasteiger partial charge in [0.1, 0.15) is 5.69 Å². The SMILES string of the molecule is CCCCC(CC(F)(F)F)N=Nc1cnc2ccccc2c1. The van der Waals surface area contributed by atoms with Gasteiger partial charge in [0.15, 0.2) is 0 Å². The standard InChI is InChI=1S/C16H18F3N3/c1-2-3-7-13(10-16(17,18)19)21-22-14-9-12-6-4-5-8-15(12)20-11-14/h4-6,8-9,11,13H,2-3,7,10H2,1H3. The van der Waals surface area contributed by atoms with E-state index in [0.29, 0.717) is 18.5 Å². The second-order valence-corrected chi connectivity index (χ2v) is 5.22. The molecule has 0 aliphatic rings. The molecule has 0 saturated heterocycles. The summed E-state index contributed by atoms with van der Waals surface area (Å²) in [6.07, 6.45) is -1.70. The first-order valence-corrected chi connectivity index (χ1v) is 7.30. The first kappa shape index (κ1) is 16.4. The number of alkyl halides is 3. The molecule has 2 rings (SSSR count). The average molecular weight is 309 g/mol. The summed E-state index contributed by atoms with van der Waals surface area (Å²) >= 11 is 0. The summed E-state index contributed by atoms with van der Waals surface area (Å²) in [5.41, 5.74) is 1.29. The summed E-state index contributed by atoms with van der Waals surface area (Å²) < 4.78 is 37.7. The third kappa shape index (κ3) is 5.09. The summed E-state index contributed by atoms with van der Waals surface area (Å²) in [5, 5.41) is 8.73. The van der Waals surface area contributed by atoms with Crippen LogP contribution in [0.2, 0.25) is 0 Å². The Balaban J connectivity index is 2.13. The number of halogens is 3. The van der Waals surface area contributed by atoms with Crippen LogP contribution in [0.3, 0.4) is 0 Å². The van der Waals surface area contributed by atoms with E-state index in [1.165, 1.54) is 6.20 Å². The molecule has 0 aliphatic heterocycles. The monoisotopic (exact) mass is 309 g/mol. The van der Waals surface area contributed by atoms with Gasteiger partial charge in [0, 0.05) is 5.39 Å². The number of benzene rings is 1. The summed E-state index contributed by atoms with van der Waals surface area (Å²) in [6, 6.07) is 8.44. The third-order valence-electron chi connectivity index (χ3n) is 3.27. The van der Waals surface area contributed by atoms with Crippen molar-refractivity contribution in [1.29, 1.82) is 0 Å². The molecule has 0 spiro atoms. The van der Waals surface area contributed by atoms with E-state index >= 15 is 0 Å². The molecule has 6 heteroatoms. The molecular formula is C16H18F3N3. The number of unbranched alkanes of at least 4 members (excludes halogenated alkanes) is 1. The largest absolute Gasteiger partial charge is 0.391 e. The number of para-hydroxylation sites is 1. The van der Waals surface area contributed by atoms with Crippen molar-refractivity contribution in [3.05, 3.63) is 36.5 Å². The van der Waals surface area contributed by atoms with Crippen molar-refractivity contribution in [2.45, 2.75) is 44.8 Å². The van der Waals surface area contributed by atoms with Crippen molar-refractivity contribution < 1.29 is 13.2 Å². The van der Waals surface area contributed by atoms with E-state index in [0.717, 1.165) is 17.3 Å². The molecule has 1 unspecified atom stereocenters. The zero-order valence-electron chi connectivity index (χ0n) is 12.3. The molecule has 1 aromatic carbocycles. The minimum absolute atomic E-state index is 0.389. The second kappa shape index (κ2) is 7.33. The minimum atomic E-state index is -4.22. The van der Waals surface area contributed by atoms with Crippen LogP contribution in [0, 0.1) is 0 Å². The van der Waals surface area contributed by atoms with Crippen molar-refractivity contribution in [2.75, 3.05) is 0 Å². The maximum absolute atomic E-state index is 12.6. The number of hydrogen-bond acceptors (Lipinski definition) is 3. The predicted molar refractivity (Wildman–Crippen MR) is 80.2 cm³/mol. The fourth-order valence-electron chi connectivity index (χ4n) is 2.17. The quantitative estimate of drug-likeness (QED) is 0.618. The molecule has 3 nitrogen and oxygen atoms in total. The van der Waals surface area contributed by atoms with Gasteiger partial charge >= 0.3 is 6.18 Å². The molecule has 22 heavy (non-hydrogen) atoms. The molecule has 0 radical (unpaired) electrons. The van der Waals surface area contributed by atoms with Crippen molar-refractivity contribution >= 4 is 16.6 Å². The second-order valence-electron chi connectivity index (χ2n) is 5.22. The Hall–Kier alpha value is -1.98. The topological polar surface area (TPSA) is 37.6 Å². The van der Waals surface area contributed by atoms with Crippen molar-refractivity contribution in [2.24, 2.45) is 10.2 Å². The van der Waals surface area contributed by atoms with Crippen LogP contribution in [0.1, 0.15) is 32.6 Å². The fraction of sp³-hybridized carbons (Fsp3) is 0.438. The minimum Gasteiger partial charge on any atom is -0.254 e. The van der Waals surface area contributed by atoms with E-state index in [2.05, 4.69) is 15.2 Å². The first-order valence-electron chi connectivity index (χ1n) is 7.30. The summed E-state index contributed by atoms with van der Waals surface area (Å²) in [7, 11) is 0. The van der Waals surface area contributed by atoms with Gasteiger partial charge in [-0.05, 0) is 18.6 Å². The van der Waals surface area contributed by atoms with E-state index in [1.807, 2.05) is 31.2 Å². The molecule has 118 valence electrons. The zero-order chi connectivity index (χ0) is 16.0. The Morgan fingerprint density at radius 1 is 1.23 bits per heavy atom. The van der Waals surface area contributed by atoms with Crippen molar-refractivity contribution in [1.82, 2.24) is 4.98 Å². The highest BCUT2D eigenvalue weighted by Crippen LogP contribution is 2.27. The van der Waals surface area contributed by atoms with E-state index in [9.17, 15) is 13.2 Å². The van der Waals surface area contributed by atoms with Gasteiger partial charge in [-0.25, -0.2) is 0 Å². The third-order valence-corrected chi connectivity index (χ3v) is 3.27. The highest BCUT2D eigenvalue weighted by atomic mass is 19.4. The van der Waals surface area contributed by atoms with Crippen molar-refractivity contribution in [3.8, 4) is 0 Å². The predicted octanol–water partition coefficient (Wildman–Crippen LogP) is 5.83. The number of rotatable bonds is 6. The lowest BCUT2D eigenvalue weighted by Gasteiger charge is -2.13. The molecular weight excluding hydrogens is 291 g/mol. The van der Waals surface area contributed by atoms with Crippen LogP contribution in [0.4, 0.5) is 18.9 Å². The lowest BCUT2D eigenvalue weighted by molar-refractivity contribution is -0.138. The highest BCUT2D eigenvalue weighted by Gasteiger charge is 2.31. The van der Waals surface area contributed by atoms with Crippen LogP contribution in [0.15, 0.2) is 46.8 Å². The highest BCUT2D eigenvalue weighted by molar-refractivity contribution is 5.80. The molecule has 0 amide bonds. The molecule has 2 aromatic rings. The lowest BCUT2D eigenvalue weighted by Crippen LogP contribution is -2.17. The summed E-state index contributed by atoms with van der Waals surface area (Å²) in [4.78, 5) is 4.22. The number of azo groups is 1. The molecule has 0 N–H and O–H groups in total. The summed E-state index contributed by atoms with van der Waals surface area (Å²) in [6.45, 7) is 1.94. The van der Waals surface area contributed by atoms with Gasteiger partial charge in [-0.2, -0.15) is 23.4 Å². The van der Waals surface area contributed by atoms with Gasteiger partial charge in [-0.1, -0.05) is 38.0 Å². The molecule has 1 heterocycles. The van der Waals surface area contributed by atoms with Crippen LogP contribution in [0.5, 0.6) is 0 Å². The van der Waals surface area contributed by atoms with Gasteiger partial charge in [-0.15, -0.1) is 0 Å². The Morgan fingerprint density at radius 3 is 2.73 bits per heavy atom. The Kier molecular flexibility index (Phi) is 5.46. The maximum atomic E-state index is 12.6. The molecule has 0 saturated carbocycles. The molecule has 0 bridgehead atoms. The Labute approximate surface area is 127 Å². The number of fused-ring (bicyclic) bond motifs is 1. The molecule has 0 aliphatic carbocycles. The fourth-order valence-corrected chi connectivity index (χ4v) is 2.17. The number of hydrogen-bond donors (Lipinski definition) is 0. The first-order chi connectivity index (χ1) is 10.5. The molecule has 0 fully saturated rings. The number of aromatic nitrogens is 1. The van der Waals surface area contributed by atoms with Gasteiger partial charge in [-0.3, -0.25) is 4.98 Å². The zero-order valence-corrected chi connectivity index (χ0v) is 12.3. The maximum Gasteiger partial charge on any atom is 0.391 e. The average Bonchev–Trinajstić information content (AvgIpc) is 2.48. The van der Waals surface area contributed by atoms with Crippen LogP contribution < -0.4 is 0 Å². The van der Waals surface area contributed by atoms with Gasteiger partial charge in [0.2, 0.25) is 0 Å². The Bertz CT molecular complexity index is 638. The van der Waals surface area contributed by atoms with E-state index in [1.54, 1.807) is 6.07 Å². The van der Waals surface area contributed by atoms with Gasteiger partial charge < -0.3 is 0 Å². The number of nitrogens with zero attached hydrogens (tertiary/aromatic N) is 3. The molecule has 1 aromatic heterocycles. The van der Waals surface area contributed by atoms with E-state index < -0.39 is 18.6 Å². The smallest absolute Gasteiger partial charge is 0.254 e. The summed E-state index contributed by atoms with van der Waals surface area (Å²) in [5.74, 6) is 0. The van der Waals surface area contributed by atoms with Crippen LogP contribution >= 0.6 is 0 Å². The van der Waals surface area contributed by atoms with E-state index in [-0.39, 0.29) is 0 Å². The Morgan fingerprint density at radius 2 is 2.00 bits per heavy atom. The van der Waals surface area contributed by atoms with E-state index in [4.69, 9.17) is 0 Å². The number of pyridine rings is 1. The normalized spacial score (nSPS) is 13.8. The molecule has 1 atom stereocenters. The van der Waals surface area contributed by atoms with Gasteiger partial charge in [0.25, 0.3) is 0 Å². The van der Waals surface area contributed by atoms with Crippen LogP contribution in [-0.2, 0) is 0 Å². The lowest BCUT2D eigenvalue weighted by atomic mass is 10.1. The van der Waals surface area contributed by atoms with Gasteiger partial charge in [0.05, 0.1) is 24.2 Å². The van der Waals surface area contributed by atoms with Crippen LogP contribution in [-0.4, -0.2) is 17.2 Å². The van der Waals surface area contributed by atoms with Crippen molar-refractivity contribution in [3.63, 3.8) is 0 Å². The van der Waals surface area contributed by atoms with Crippen LogP contribution in [0.25, 0.3) is 10.9 Å².